The Balaban J connectivity index is 0.000000191. The quantitative estimate of drug-likeness (QED) is 0.0423. The first-order valence-corrected chi connectivity index (χ1v) is 25.5. The van der Waals surface area contributed by atoms with Gasteiger partial charge in [0.1, 0.15) is 17.1 Å². The first-order chi connectivity index (χ1) is 36.7. The van der Waals surface area contributed by atoms with Crippen LogP contribution < -0.4 is 17.2 Å². The van der Waals surface area contributed by atoms with E-state index in [-0.39, 0.29) is 42.0 Å². The number of fused-ring (bicyclic) bond motifs is 3. The summed E-state index contributed by atoms with van der Waals surface area (Å²) in [4.78, 5) is 24.2. The van der Waals surface area contributed by atoms with Crippen LogP contribution in [0.5, 0.6) is 0 Å². The Morgan fingerprint density at radius 1 is 0.481 bits per heavy atom. The smallest absolute Gasteiger partial charge is 0.274 e. The Morgan fingerprint density at radius 2 is 0.835 bits per heavy atom. The second kappa shape index (κ2) is 26.7. The third kappa shape index (κ3) is 13.8. The number of pyridine rings is 3. The van der Waals surface area contributed by atoms with Crippen LogP contribution in [0.2, 0.25) is 0 Å². The number of rotatable bonds is 13. The third-order valence-electron chi connectivity index (χ3n) is 13.7. The zero-order valence-electron chi connectivity index (χ0n) is 45.2. The number of nitro groups is 1. The number of nitrogen functional groups attached to an aromatic ring is 2. The van der Waals surface area contributed by atoms with E-state index in [0.717, 1.165) is 132 Å². The molecule has 0 aliphatic rings. The van der Waals surface area contributed by atoms with Crippen molar-refractivity contribution in [3.8, 4) is 33.8 Å². The molecule has 17 nitrogen and oxygen atoms in total. The van der Waals surface area contributed by atoms with Gasteiger partial charge in [0, 0.05) is 140 Å². The van der Waals surface area contributed by atoms with Crippen molar-refractivity contribution in [2.45, 2.75) is 65.8 Å². The number of benzene rings is 5. The zero-order valence-corrected chi connectivity index (χ0v) is 46.8. The molecule has 0 unspecified atom stereocenters. The van der Waals surface area contributed by atoms with Gasteiger partial charge in [-0.3, -0.25) is 39.1 Å². The summed E-state index contributed by atoms with van der Waals surface area (Å²) in [6, 6.07) is 44.6. The molecule has 0 spiro atoms. The van der Waals surface area contributed by atoms with Crippen LogP contribution in [0.4, 0.5) is 17.1 Å². The molecule has 0 fully saturated rings. The molecule has 6 heterocycles. The fourth-order valence-corrected chi connectivity index (χ4v) is 9.80. The summed E-state index contributed by atoms with van der Waals surface area (Å²) in [7, 11) is 5.70. The van der Waals surface area contributed by atoms with Crippen LogP contribution in [0.25, 0.3) is 66.5 Å². The number of anilines is 2. The third-order valence-corrected chi connectivity index (χ3v) is 13.7. The van der Waals surface area contributed by atoms with E-state index in [4.69, 9.17) is 22.3 Å². The van der Waals surface area contributed by atoms with Crippen LogP contribution in [0.15, 0.2) is 152 Å². The molecule has 10 N–H and O–H groups in total. The van der Waals surface area contributed by atoms with Gasteiger partial charge in [-0.25, -0.2) is 0 Å². The van der Waals surface area contributed by atoms with Crippen LogP contribution in [0.3, 0.4) is 0 Å². The van der Waals surface area contributed by atoms with Gasteiger partial charge in [-0.1, -0.05) is 60.7 Å². The summed E-state index contributed by atoms with van der Waals surface area (Å²) < 4.78 is 5.46. The fraction of sp³-hybridized carbons (Fsp3) is 0.213. The van der Waals surface area contributed by atoms with Crippen molar-refractivity contribution in [3.05, 3.63) is 207 Å². The van der Waals surface area contributed by atoms with Crippen LogP contribution >= 0.6 is 0 Å². The van der Waals surface area contributed by atoms with Gasteiger partial charge in [0.2, 0.25) is 0 Å². The first kappa shape index (κ1) is 59.7. The molecule has 79 heavy (non-hydrogen) atoms. The predicted molar refractivity (Wildman–Crippen MR) is 314 cm³/mol. The molecule has 410 valence electrons. The van der Waals surface area contributed by atoms with Crippen molar-refractivity contribution in [3.63, 3.8) is 0 Å². The van der Waals surface area contributed by atoms with Gasteiger partial charge in [-0.2, -0.15) is 15.3 Å². The van der Waals surface area contributed by atoms with Crippen molar-refractivity contribution in [1.82, 2.24) is 44.3 Å². The Morgan fingerprint density at radius 3 is 1.22 bits per heavy atom. The van der Waals surface area contributed by atoms with Crippen molar-refractivity contribution in [2.24, 2.45) is 26.9 Å². The Kier molecular flexibility index (Phi) is 20.2. The summed E-state index contributed by atoms with van der Waals surface area (Å²) >= 11 is 0. The van der Waals surface area contributed by atoms with Gasteiger partial charge in [0.25, 0.3) is 5.69 Å². The molecule has 11 aromatic rings. The molecule has 0 radical (unpaired) electrons. The Labute approximate surface area is 473 Å². The van der Waals surface area contributed by atoms with E-state index in [9.17, 15) is 10.1 Å². The molecular formula is C61H67N13O4Pd. The van der Waals surface area contributed by atoms with Gasteiger partial charge < -0.3 is 28.2 Å². The number of nitro benzene ring substituents is 1. The monoisotopic (exact) mass is 1150 g/mol. The van der Waals surface area contributed by atoms with E-state index in [2.05, 4.69) is 85.8 Å². The molecule has 0 atom stereocenters. The number of nitrogens with two attached hydrogens (primary N) is 3. The van der Waals surface area contributed by atoms with E-state index >= 15 is 0 Å². The van der Waals surface area contributed by atoms with Gasteiger partial charge in [0.05, 0.1) is 21.5 Å². The average molecular weight is 1150 g/mol. The maximum Gasteiger partial charge on any atom is 0.274 e. The van der Waals surface area contributed by atoms with Gasteiger partial charge in [0.15, 0.2) is 0 Å². The average Bonchev–Trinajstić information content (AvgIpc) is 4.17. The summed E-state index contributed by atoms with van der Waals surface area (Å²) in [6.45, 7) is 6.33. The van der Waals surface area contributed by atoms with Crippen LogP contribution in [-0.4, -0.2) is 60.2 Å². The van der Waals surface area contributed by atoms with E-state index < -0.39 is 0 Å². The maximum absolute atomic E-state index is 11.7. The van der Waals surface area contributed by atoms with Crippen molar-refractivity contribution < 1.29 is 36.3 Å². The summed E-state index contributed by atoms with van der Waals surface area (Å²) in [5.41, 5.74) is 36.9. The largest absolute Gasteiger partial charge is 0.412 e. The van der Waals surface area contributed by atoms with E-state index in [0.29, 0.717) is 18.7 Å². The molecule has 5 aromatic carbocycles. The normalized spacial score (nSPS) is 10.7. The summed E-state index contributed by atoms with van der Waals surface area (Å²) in [5.74, 6) is 0. The SMILES string of the molecule is Cc1cc(-c2nn(C)c3cc(N)c(CCCc4ccccc4)cc23)ccn1.Cc1cc(-c2nn(C)c3cc(N)c(CN)cc23)ccn1.Cc1cc(-c2nn(C)c3cc([N+](=O)[O-])c(CCCc4ccccc4)cc23)ccn1.O.O.[Pd]. The van der Waals surface area contributed by atoms with Crippen LogP contribution in [0.1, 0.15) is 57.7 Å². The molecule has 0 amide bonds. The minimum absolute atomic E-state index is 0. The molecule has 0 aliphatic heterocycles. The molecule has 18 heteroatoms. The van der Waals surface area contributed by atoms with Gasteiger partial charge in [-0.05, 0) is 148 Å². The second-order valence-corrected chi connectivity index (χ2v) is 19.2. The molecular weight excluding hydrogens is 1090 g/mol. The molecule has 0 saturated carbocycles. The number of nitrogens with zero attached hydrogens (tertiary/aromatic N) is 10. The molecule has 0 bridgehead atoms. The minimum atomic E-state index is -0.291. The van der Waals surface area contributed by atoms with Crippen LogP contribution in [-0.2, 0) is 73.8 Å². The summed E-state index contributed by atoms with van der Waals surface area (Å²) in [5, 5.41) is 28.8. The molecule has 0 saturated heterocycles. The minimum Gasteiger partial charge on any atom is -0.412 e. The molecule has 11 rings (SSSR count). The topological polar surface area (TPSA) is 276 Å². The van der Waals surface area contributed by atoms with E-state index in [1.54, 1.807) is 23.1 Å². The predicted octanol–water partition coefficient (Wildman–Crippen LogP) is 10.1. The van der Waals surface area contributed by atoms with Crippen molar-refractivity contribution >= 4 is 49.8 Å². The number of hydrogen-bond acceptors (Lipinski definition) is 11. The van der Waals surface area contributed by atoms with Gasteiger partial charge in [-0.15, -0.1) is 0 Å². The molecule has 0 aliphatic carbocycles. The Hall–Kier alpha value is -8.50. The first-order valence-electron chi connectivity index (χ1n) is 25.5. The van der Waals surface area contributed by atoms with Crippen molar-refractivity contribution in [2.75, 3.05) is 11.5 Å². The van der Waals surface area contributed by atoms with Gasteiger partial charge >= 0.3 is 0 Å². The second-order valence-electron chi connectivity index (χ2n) is 19.2. The molecule has 6 aromatic heterocycles. The number of aryl methyl sites for hydroxylation is 10. The van der Waals surface area contributed by atoms with E-state index in [1.807, 2.05) is 124 Å². The van der Waals surface area contributed by atoms with Crippen LogP contribution in [0, 0.1) is 30.9 Å². The Bertz CT molecular complexity index is 3860. The standard InChI is InChI=1S/C23H22N4O2.C23H24N4.C15H17N5.2H2O.Pd/c1-16-13-19(11-12-24-16)23-20-14-18(10-6-9-17-7-4-3-5-8-17)21(27(28)29)15-22(20)26(2)25-23;1-16-13-19(11-12-25-16)23-20-14-18(21(24)15-22(20)27(2)26-23)10-6-9-17-7-4-3-5-8-17;1-9-5-10(3-4-18-9)15-12-6-11(8-16)13(17)7-14(12)20(2)19-15;;;/h3-5,7-8,11-15H,6,9-10H2,1-2H3;3-5,7-8,11-15H,6,9-10,24H2,1-2H3;3-7H,8,16-17H2,1-2H3;2*1H2;. The number of aromatic nitrogens is 9. The van der Waals surface area contributed by atoms with E-state index in [1.165, 1.54) is 16.7 Å². The maximum atomic E-state index is 11.7. The summed E-state index contributed by atoms with van der Waals surface area (Å²) in [6.07, 6.45) is 10.9. The van der Waals surface area contributed by atoms with Crippen molar-refractivity contribution in [1.29, 1.82) is 0 Å². The zero-order chi connectivity index (χ0) is 53.5. The number of hydrogen-bond donors (Lipinski definition) is 3. The fourth-order valence-electron chi connectivity index (χ4n) is 9.80.